The minimum absolute atomic E-state index is 0. The van der Waals surface area contributed by atoms with E-state index in [0.29, 0.717) is 23.8 Å². The molecule has 0 unspecified atom stereocenters. The number of nitrogens with one attached hydrogen (secondary N) is 3. The Bertz CT molecular complexity index is 1330. The number of rotatable bonds is 10. The summed E-state index contributed by atoms with van der Waals surface area (Å²) in [6, 6.07) is 16.1. The Kier molecular flexibility index (Phi) is 22.3. The number of aliphatic hydroxyl groups excluding tert-OH is 1. The maximum Gasteiger partial charge on any atom is 0.227 e. The van der Waals surface area contributed by atoms with Crippen molar-refractivity contribution in [2.24, 2.45) is 0 Å². The molecule has 2 heterocycles. The zero-order valence-corrected chi connectivity index (χ0v) is 21.1. The highest BCUT2D eigenvalue weighted by Gasteiger charge is 2.16. The SMILES string of the molecule is C.C.C.C.C.C.C.CC[C@H](CO)Nc1nc(NCc2ccc(-c3cccc(NC(C)=O)c3)cc2)c2ncn(C(C)C)c2n1. The van der Waals surface area contributed by atoms with E-state index in [4.69, 9.17) is 0 Å². The molecular formula is C34H61N7O2. The van der Waals surface area contributed by atoms with Crippen LogP contribution in [0.5, 0.6) is 0 Å². The Morgan fingerprint density at radius 3 is 2.14 bits per heavy atom. The molecule has 4 aromatic rings. The van der Waals surface area contributed by atoms with Crippen molar-refractivity contribution in [3.63, 3.8) is 0 Å². The summed E-state index contributed by atoms with van der Waals surface area (Å²) in [6.45, 7) is 8.23. The van der Waals surface area contributed by atoms with E-state index in [-0.39, 0.29) is 76.6 Å². The Balaban J connectivity index is -0.00000109. The van der Waals surface area contributed by atoms with Gasteiger partial charge in [-0.05, 0) is 49.1 Å². The summed E-state index contributed by atoms with van der Waals surface area (Å²) in [5.74, 6) is 1.01. The second-order valence-corrected chi connectivity index (χ2v) is 9.06. The molecule has 2 aromatic heterocycles. The molecular weight excluding hydrogens is 538 g/mol. The minimum atomic E-state index is -0.123. The van der Waals surface area contributed by atoms with E-state index in [1.165, 1.54) is 6.92 Å². The van der Waals surface area contributed by atoms with Gasteiger partial charge in [0.05, 0.1) is 19.0 Å². The van der Waals surface area contributed by atoms with Gasteiger partial charge in [-0.15, -0.1) is 0 Å². The summed E-state index contributed by atoms with van der Waals surface area (Å²) in [5.41, 5.74) is 5.40. The van der Waals surface area contributed by atoms with E-state index < -0.39 is 0 Å². The summed E-state index contributed by atoms with van der Waals surface area (Å²) in [7, 11) is 0. The monoisotopic (exact) mass is 599 g/mol. The molecule has 0 fully saturated rings. The highest BCUT2D eigenvalue weighted by Crippen LogP contribution is 2.26. The number of aliphatic hydroxyl groups is 1. The zero-order valence-electron chi connectivity index (χ0n) is 21.1. The van der Waals surface area contributed by atoms with Crippen molar-refractivity contribution in [3.8, 4) is 11.1 Å². The van der Waals surface area contributed by atoms with Crippen LogP contribution < -0.4 is 16.0 Å². The molecule has 0 radical (unpaired) electrons. The lowest BCUT2D eigenvalue weighted by molar-refractivity contribution is -0.114. The fourth-order valence-corrected chi connectivity index (χ4v) is 3.92. The highest BCUT2D eigenvalue weighted by atomic mass is 16.3. The summed E-state index contributed by atoms with van der Waals surface area (Å²) in [5, 5.41) is 19.1. The smallest absolute Gasteiger partial charge is 0.227 e. The lowest BCUT2D eigenvalue weighted by Crippen LogP contribution is -2.24. The first-order valence-corrected chi connectivity index (χ1v) is 12.2. The average Bonchev–Trinajstić information content (AvgIpc) is 3.30. The number of imidazole rings is 1. The molecule has 0 aliphatic rings. The molecule has 0 aliphatic heterocycles. The molecule has 9 heteroatoms. The largest absolute Gasteiger partial charge is 0.394 e. The van der Waals surface area contributed by atoms with Gasteiger partial charge in [0, 0.05) is 25.2 Å². The van der Waals surface area contributed by atoms with Crippen LogP contribution in [0, 0.1) is 0 Å². The first kappa shape index (κ1) is 46.0. The number of anilines is 3. The van der Waals surface area contributed by atoms with Crippen LogP contribution in [0.1, 0.15) is 97.7 Å². The summed E-state index contributed by atoms with van der Waals surface area (Å²) in [6.07, 6.45) is 2.54. The van der Waals surface area contributed by atoms with Gasteiger partial charge in [0.15, 0.2) is 17.0 Å². The van der Waals surface area contributed by atoms with Crippen molar-refractivity contribution >= 4 is 34.5 Å². The first-order valence-electron chi connectivity index (χ1n) is 12.2. The third-order valence-electron chi connectivity index (χ3n) is 5.95. The van der Waals surface area contributed by atoms with Crippen molar-refractivity contribution in [2.75, 3.05) is 22.6 Å². The number of aromatic nitrogens is 4. The van der Waals surface area contributed by atoms with E-state index in [1.54, 1.807) is 6.33 Å². The number of benzene rings is 2. The van der Waals surface area contributed by atoms with Gasteiger partial charge >= 0.3 is 0 Å². The van der Waals surface area contributed by atoms with Gasteiger partial charge in [-0.1, -0.05) is 95.3 Å². The van der Waals surface area contributed by atoms with Gasteiger partial charge < -0.3 is 25.6 Å². The van der Waals surface area contributed by atoms with Gasteiger partial charge in [0.2, 0.25) is 11.9 Å². The third-order valence-corrected chi connectivity index (χ3v) is 5.95. The predicted molar refractivity (Wildman–Crippen MR) is 191 cm³/mol. The number of hydrogen-bond donors (Lipinski definition) is 4. The highest BCUT2D eigenvalue weighted by molar-refractivity contribution is 5.89. The van der Waals surface area contributed by atoms with E-state index in [1.807, 2.05) is 35.8 Å². The molecule has 4 N–H and O–H groups in total. The van der Waals surface area contributed by atoms with Crippen LogP contribution in [0.4, 0.5) is 17.5 Å². The standard InChI is InChI=1S/C27H33N7O2.7CH4/c1-5-22(15-35)31-27-32-25(24-26(33-27)34(16-29-24)17(2)3)28-14-19-9-11-20(12-10-19)21-7-6-8-23(13-21)30-18(4)36;;;;;;;/h6-13,16-17,22,35H,5,14-15H2,1-4H3,(H,30,36)(H2,28,31,32,33);7*1H4/t22-;;;;;;;/m1......./s1. The van der Waals surface area contributed by atoms with Crippen LogP contribution in [0.15, 0.2) is 54.9 Å². The maximum absolute atomic E-state index is 11.4. The molecule has 2 aromatic carbocycles. The van der Waals surface area contributed by atoms with Gasteiger partial charge in [-0.2, -0.15) is 9.97 Å². The molecule has 4 rings (SSSR count). The Hall–Kier alpha value is -3.98. The number of hydrogen-bond acceptors (Lipinski definition) is 7. The molecule has 43 heavy (non-hydrogen) atoms. The van der Waals surface area contributed by atoms with Gasteiger partial charge in [0.25, 0.3) is 0 Å². The Morgan fingerprint density at radius 1 is 0.930 bits per heavy atom. The fourth-order valence-electron chi connectivity index (χ4n) is 3.92. The number of fused-ring (bicyclic) bond motifs is 1. The van der Waals surface area contributed by atoms with E-state index in [2.05, 4.69) is 69.0 Å². The van der Waals surface area contributed by atoms with Crippen LogP contribution in [0.2, 0.25) is 0 Å². The topological polar surface area (TPSA) is 117 Å². The lowest BCUT2D eigenvalue weighted by Gasteiger charge is -2.16. The summed E-state index contributed by atoms with van der Waals surface area (Å²) in [4.78, 5) is 25.3. The van der Waals surface area contributed by atoms with Crippen LogP contribution in [0.3, 0.4) is 0 Å². The fraction of sp³-hybridized carbons (Fsp3) is 0.471. The van der Waals surface area contributed by atoms with E-state index in [9.17, 15) is 9.90 Å². The Labute approximate surface area is 262 Å². The number of amides is 1. The van der Waals surface area contributed by atoms with Gasteiger partial charge in [0.1, 0.15) is 0 Å². The molecule has 0 spiro atoms. The summed E-state index contributed by atoms with van der Waals surface area (Å²) >= 11 is 0. The molecule has 0 bridgehead atoms. The average molecular weight is 600 g/mol. The lowest BCUT2D eigenvalue weighted by atomic mass is 10.0. The zero-order chi connectivity index (χ0) is 25.7. The van der Waals surface area contributed by atoms with Crippen molar-refractivity contribution in [2.45, 2.75) is 105 Å². The summed E-state index contributed by atoms with van der Waals surface area (Å²) < 4.78 is 2.01. The van der Waals surface area contributed by atoms with Crippen LogP contribution in [0.25, 0.3) is 22.3 Å². The maximum atomic E-state index is 11.4. The van der Waals surface area contributed by atoms with Gasteiger partial charge in [-0.3, -0.25) is 4.79 Å². The third kappa shape index (κ3) is 11.3. The van der Waals surface area contributed by atoms with Gasteiger partial charge in [-0.25, -0.2) is 4.98 Å². The van der Waals surface area contributed by atoms with Crippen LogP contribution >= 0.6 is 0 Å². The van der Waals surface area contributed by atoms with E-state index >= 15 is 0 Å². The predicted octanol–water partition coefficient (Wildman–Crippen LogP) is 9.28. The Morgan fingerprint density at radius 2 is 1.58 bits per heavy atom. The minimum Gasteiger partial charge on any atom is -0.394 e. The van der Waals surface area contributed by atoms with Crippen LogP contribution in [-0.4, -0.2) is 43.2 Å². The van der Waals surface area contributed by atoms with E-state index in [0.717, 1.165) is 34.4 Å². The number of carbonyl (C=O) groups is 1. The molecule has 0 saturated carbocycles. The molecule has 0 aliphatic carbocycles. The van der Waals surface area contributed by atoms with Crippen molar-refractivity contribution in [1.82, 2.24) is 19.5 Å². The molecule has 9 nitrogen and oxygen atoms in total. The van der Waals surface area contributed by atoms with Crippen molar-refractivity contribution < 1.29 is 9.90 Å². The van der Waals surface area contributed by atoms with Crippen LogP contribution in [-0.2, 0) is 11.3 Å². The molecule has 1 atom stereocenters. The number of nitrogens with zero attached hydrogens (tertiary/aromatic N) is 4. The normalized spacial score (nSPS) is 10.1. The van der Waals surface area contributed by atoms with Crippen molar-refractivity contribution in [1.29, 1.82) is 0 Å². The molecule has 244 valence electrons. The van der Waals surface area contributed by atoms with Crippen molar-refractivity contribution in [3.05, 3.63) is 60.4 Å². The second-order valence-electron chi connectivity index (χ2n) is 9.06. The first-order chi connectivity index (χ1) is 17.4. The molecule has 0 saturated heterocycles. The second kappa shape index (κ2) is 20.8. The quantitative estimate of drug-likeness (QED) is 0.143. The molecule has 1 amide bonds. The number of carbonyl (C=O) groups excluding carboxylic acids is 1.